The lowest BCUT2D eigenvalue weighted by Gasteiger charge is -2.36. The SMILES string of the molecule is CC1CC1CN(C)C1CCCCC1N. The molecule has 0 aliphatic heterocycles. The molecule has 2 aliphatic rings. The predicted molar refractivity (Wildman–Crippen MR) is 60.1 cm³/mol. The summed E-state index contributed by atoms with van der Waals surface area (Å²) in [6.45, 7) is 3.64. The Labute approximate surface area is 87.8 Å². The Bertz CT molecular complexity index is 193. The van der Waals surface area contributed by atoms with E-state index in [4.69, 9.17) is 5.73 Å². The molecule has 14 heavy (non-hydrogen) atoms. The van der Waals surface area contributed by atoms with E-state index in [0.717, 1.165) is 11.8 Å². The molecule has 2 saturated carbocycles. The van der Waals surface area contributed by atoms with Gasteiger partial charge in [0.1, 0.15) is 0 Å². The van der Waals surface area contributed by atoms with E-state index in [0.29, 0.717) is 12.1 Å². The Hall–Kier alpha value is -0.0800. The van der Waals surface area contributed by atoms with Gasteiger partial charge in [0.15, 0.2) is 0 Å². The van der Waals surface area contributed by atoms with Crippen LogP contribution in [0.25, 0.3) is 0 Å². The normalized spacial score (nSPS) is 42.9. The van der Waals surface area contributed by atoms with E-state index >= 15 is 0 Å². The van der Waals surface area contributed by atoms with Crippen LogP contribution in [-0.2, 0) is 0 Å². The fourth-order valence-electron chi connectivity index (χ4n) is 2.85. The fraction of sp³-hybridized carbons (Fsp3) is 1.00. The lowest BCUT2D eigenvalue weighted by molar-refractivity contribution is 0.161. The molecule has 0 radical (unpaired) electrons. The molecular weight excluding hydrogens is 172 g/mol. The molecule has 4 atom stereocenters. The summed E-state index contributed by atoms with van der Waals surface area (Å²) < 4.78 is 0. The number of nitrogens with two attached hydrogens (primary N) is 1. The van der Waals surface area contributed by atoms with E-state index < -0.39 is 0 Å². The van der Waals surface area contributed by atoms with E-state index in [9.17, 15) is 0 Å². The molecule has 0 saturated heterocycles. The van der Waals surface area contributed by atoms with Crippen molar-refractivity contribution in [2.24, 2.45) is 17.6 Å². The molecule has 2 N–H and O–H groups in total. The van der Waals surface area contributed by atoms with E-state index in [1.807, 2.05) is 0 Å². The van der Waals surface area contributed by atoms with Crippen LogP contribution in [0.4, 0.5) is 0 Å². The van der Waals surface area contributed by atoms with Crippen molar-refractivity contribution < 1.29 is 0 Å². The maximum absolute atomic E-state index is 6.17. The second-order valence-corrected chi connectivity index (χ2v) is 5.43. The van der Waals surface area contributed by atoms with E-state index in [2.05, 4.69) is 18.9 Å². The summed E-state index contributed by atoms with van der Waals surface area (Å²) in [7, 11) is 2.26. The van der Waals surface area contributed by atoms with Gasteiger partial charge >= 0.3 is 0 Å². The van der Waals surface area contributed by atoms with Crippen molar-refractivity contribution in [3.05, 3.63) is 0 Å². The molecule has 2 nitrogen and oxygen atoms in total. The van der Waals surface area contributed by atoms with Crippen LogP contribution >= 0.6 is 0 Å². The first-order chi connectivity index (χ1) is 6.68. The van der Waals surface area contributed by atoms with E-state index in [1.54, 1.807) is 0 Å². The molecule has 0 aromatic heterocycles. The Morgan fingerprint density at radius 2 is 1.93 bits per heavy atom. The number of hydrogen-bond donors (Lipinski definition) is 1. The monoisotopic (exact) mass is 196 g/mol. The van der Waals surface area contributed by atoms with Gasteiger partial charge in [0.05, 0.1) is 0 Å². The highest BCUT2D eigenvalue weighted by molar-refractivity contribution is 4.90. The Kier molecular flexibility index (Phi) is 3.13. The van der Waals surface area contributed by atoms with Crippen molar-refractivity contribution in [2.75, 3.05) is 13.6 Å². The van der Waals surface area contributed by atoms with Gasteiger partial charge in [0.25, 0.3) is 0 Å². The van der Waals surface area contributed by atoms with Crippen molar-refractivity contribution in [1.29, 1.82) is 0 Å². The average Bonchev–Trinajstić information content (AvgIpc) is 2.82. The minimum absolute atomic E-state index is 0.433. The molecule has 2 rings (SSSR count). The summed E-state index contributed by atoms with van der Waals surface area (Å²) in [4.78, 5) is 2.53. The van der Waals surface area contributed by atoms with Gasteiger partial charge in [0.2, 0.25) is 0 Å². The van der Waals surface area contributed by atoms with Crippen molar-refractivity contribution in [3.8, 4) is 0 Å². The zero-order valence-corrected chi connectivity index (χ0v) is 9.58. The predicted octanol–water partition coefficient (Wildman–Crippen LogP) is 1.84. The zero-order chi connectivity index (χ0) is 10.1. The van der Waals surface area contributed by atoms with Gasteiger partial charge in [0, 0.05) is 18.6 Å². The molecule has 82 valence electrons. The summed E-state index contributed by atoms with van der Waals surface area (Å²) in [6.07, 6.45) is 6.70. The molecule has 4 unspecified atom stereocenters. The third kappa shape index (κ3) is 2.29. The molecule has 0 bridgehead atoms. The Morgan fingerprint density at radius 3 is 2.50 bits per heavy atom. The van der Waals surface area contributed by atoms with Crippen LogP contribution in [0.1, 0.15) is 39.0 Å². The van der Waals surface area contributed by atoms with Crippen LogP contribution < -0.4 is 5.73 Å². The standard InChI is InChI=1S/C12H24N2/c1-9-7-10(9)8-14(2)12-6-4-3-5-11(12)13/h9-12H,3-8,13H2,1-2H3. The van der Waals surface area contributed by atoms with Crippen LogP contribution in [0.2, 0.25) is 0 Å². The summed E-state index contributed by atoms with van der Waals surface area (Å²) >= 11 is 0. The van der Waals surface area contributed by atoms with Crippen molar-refractivity contribution >= 4 is 0 Å². The second-order valence-electron chi connectivity index (χ2n) is 5.43. The average molecular weight is 196 g/mol. The number of rotatable bonds is 3. The van der Waals surface area contributed by atoms with Gasteiger partial charge in [-0.05, 0) is 38.1 Å². The fourth-order valence-corrected chi connectivity index (χ4v) is 2.85. The summed E-state index contributed by atoms with van der Waals surface area (Å²) in [5, 5.41) is 0. The third-order valence-corrected chi connectivity index (χ3v) is 4.15. The van der Waals surface area contributed by atoms with Crippen molar-refractivity contribution in [3.63, 3.8) is 0 Å². The minimum Gasteiger partial charge on any atom is -0.326 e. The van der Waals surface area contributed by atoms with Gasteiger partial charge in [-0.15, -0.1) is 0 Å². The van der Waals surface area contributed by atoms with Crippen LogP contribution in [-0.4, -0.2) is 30.6 Å². The first-order valence-electron chi connectivity index (χ1n) is 6.14. The molecule has 0 aromatic rings. The maximum Gasteiger partial charge on any atom is 0.0244 e. The van der Waals surface area contributed by atoms with Crippen molar-refractivity contribution in [2.45, 2.75) is 51.1 Å². The molecule has 0 amide bonds. The van der Waals surface area contributed by atoms with Gasteiger partial charge < -0.3 is 10.6 Å². The zero-order valence-electron chi connectivity index (χ0n) is 9.58. The van der Waals surface area contributed by atoms with Crippen LogP contribution in [0.5, 0.6) is 0 Å². The van der Waals surface area contributed by atoms with Gasteiger partial charge in [-0.25, -0.2) is 0 Å². The van der Waals surface area contributed by atoms with Crippen molar-refractivity contribution in [1.82, 2.24) is 4.90 Å². The largest absolute Gasteiger partial charge is 0.326 e. The second kappa shape index (κ2) is 4.19. The first-order valence-corrected chi connectivity index (χ1v) is 6.14. The smallest absolute Gasteiger partial charge is 0.0244 e. The topological polar surface area (TPSA) is 29.3 Å². The molecule has 0 aromatic carbocycles. The van der Waals surface area contributed by atoms with Gasteiger partial charge in [-0.3, -0.25) is 0 Å². The lowest BCUT2D eigenvalue weighted by Crippen LogP contribution is -2.48. The summed E-state index contributed by atoms with van der Waals surface area (Å²) in [6, 6.07) is 1.10. The molecule has 2 heteroatoms. The Morgan fingerprint density at radius 1 is 1.29 bits per heavy atom. The summed E-state index contributed by atoms with van der Waals surface area (Å²) in [5.74, 6) is 1.94. The van der Waals surface area contributed by atoms with Gasteiger partial charge in [-0.2, -0.15) is 0 Å². The molecule has 2 aliphatic carbocycles. The van der Waals surface area contributed by atoms with Crippen LogP contribution in [0.3, 0.4) is 0 Å². The first kappa shape index (κ1) is 10.4. The van der Waals surface area contributed by atoms with E-state index in [-0.39, 0.29) is 0 Å². The summed E-state index contributed by atoms with van der Waals surface area (Å²) in [5.41, 5.74) is 6.17. The molecule has 0 spiro atoms. The third-order valence-electron chi connectivity index (χ3n) is 4.15. The maximum atomic E-state index is 6.17. The Balaban J connectivity index is 1.80. The molecular formula is C12H24N2. The van der Waals surface area contributed by atoms with Gasteiger partial charge in [-0.1, -0.05) is 19.8 Å². The highest BCUT2D eigenvalue weighted by atomic mass is 15.2. The minimum atomic E-state index is 0.433. The lowest BCUT2D eigenvalue weighted by atomic mass is 9.90. The number of likely N-dealkylation sites (N-methyl/N-ethyl adjacent to an activating group) is 1. The van der Waals surface area contributed by atoms with Crippen LogP contribution in [0.15, 0.2) is 0 Å². The van der Waals surface area contributed by atoms with E-state index in [1.165, 1.54) is 38.6 Å². The molecule has 0 heterocycles. The number of nitrogens with zero attached hydrogens (tertiary/aromatic N) is 1. The number of hydrogen-bond acceptors (Lipinski definition) is 2. The highest BCUT2D eigenvalue weighted by Crippen LogP contribution is 2.38. The van der Waals surface area contributed by atoms with Crippen LogP contribution in [0, 0.1) is 11.8 Å². The highest BCUT2D eigenvalue weighted by Gasteiger charge is 2.35. The molecule has 2 fully saturated rings. The quantitative estimate of drug-likeness (QED) is 0.746.